The van der Waals surface area contributed by atoms with Crippen LogP contribution in [0.3, 0.4) is 0 Å². The predicted octanol–water partition coefficient (Wildman–Crippen LogP) is 3.91. The molecule has 4 N–H and O–H groups in total. The topological polar surface area (TPSA) is 83.4 Å². The summed E-state index contributed by atoms with van der Waals surface area (Å²) in [5.41, 5.74) is 17.6. The first-order chi connectivity index (χ1) is 12.0. The first-order valence-electron chi connectivity index (χ1n) is 7.88. The van der Waals surface area contributed by atoms with Crippen LogP contribution in [0, 0.1) is 6.92 Å². The van der Waals surface area contributed by atoms with Gasteiger partial charge in [0, 0.05) is 23.0 Å². The zero-order valence-corrected chi connectivity index (χ0v) is 14.5. The van der Waals surface area contributed by atoms with E-state index in [0.717, 1.165) is 27.8 Å². The van der Waals surface area contributed by atoms with E-state index >= 15 is 0 Å². The van der Waals surface area contributed by atoms with Gasteiger partial charge in [-0.3, -0.25) is 0 Å². The van der Waals surface area contributed by atoms with Crippen LogP contribution in [-0.4, -0.2) is 19.2 Å². The molecule has 0 aliphatic rings. The number of benzene rings is 2. The molecule has 0 bridgehead atoms. The Hall–Kier alpha value is -3.21. The molecule has 25 heavy (non-hydrogen) atoms. The smallest absolute Gasteiger partial charge is 0.161 e. The van der Waals surface area contributed by atoms with Gasteiger partial charge in [-0.05, 0) is 53.9 Å². The van der Waals surface area contributed by atoms with Crippen LogP contribution in [0.5, 0.6) is 11.5 Å². The highest BCUT2D eigenvalue weighted by Crippen LogP contribution is 2.36. The summed E-state index contributed by atoms with van der Waals surface area (Å²) in [5, 5.41) is 0. The molecule has 5 nitrogen and oxygen atoms in total. The van der Waals surface area contributed by atoms with Crippen LogP contribution in [0.4, 0.5) is 11.5 Å². The Bertz CT molecular complexity index is 923. The molecule has 1 aromatic heterocycles. The quantitative estimate of drug-likeness (QED) is 0.706. The summed E-state index contributed by atoms with van der Waals surface area (Å²) in [6.07, 6.45) is 1.75. The Morgan fingerprint density at radius 3 is 2.28 bits per heavy atom. The van der Waals surface area contributed by atoms with Crippen molar-refractivity contribution in [2.24, 2.45) is 0 Å². The highest BCUT2D eigenvalue weighted by atomic mass is 16.5. The molecule has 0 unspecified atom stereocenters. The number of methoxy groups -OCH3 is 2. The number of ether oxygens (including phenoxy) is 2. The van der Waals surface area contributed by atoms with Gasteiger partial charge in [-0.1, -0.05) is 12.1 Å². The minimum Gasteiger partial charge on any atom is -0.493 e. The summed E-state index contributed by atoms with van der Waals surface area (Å²) in [6.45, 7) is 2.03. The number of hydrogen-bond acceptors (Lipinski definition) is 5. The molecule has 0 fully saturated rings. The Morgan fingerprint density at radius 2 is 1.56 bits per heavy atom. The van der Waals surface area contributed by atoms with Crippen LogP contribution < -0.4 is 20.9 Å². The molecule has 0 atom stereocenters. The van der Waals surface area contributed by atoms with E-state index < -0.39 is 0 Å². The van der Waals surface area contributed by atoms with Gasteiger partial charge < -0.3 is 20.9 Å². The normalized spacial score (nSPS) is 10.5. The number of nitrogen functional groups attached to an aromatic ring is 2. The maximum Gasteiger partial charge on any atom is 0.161 e. The summed E-state index contributed by atoms with van der Waals surface area (Å²) >= 11 is 0. The van der Waals surface area contributed by atoms with Gasteiger partial charge in [0.25, 0.3) is 0 Å². The lowest BCUT2D eigenvalue weighted by atomic mass is 9.97. The van der Waals surface area contributed by atoms with Gasteiger partial charge in [0.1, 0.15) is 5.82 Å². The molecule has 0 amide bonds. The van der Waals surface area contributed by atoms with Crippen LogP contribution in [0.25, 0.3) is 22.3 Å². The average Bonchev–Trinajstić information content (AvgIpc) is 2.63. The van der Waals surface area contributed by atoms with E-state index in [1.807, 2.05) is 49.4 Å². The average molecular weight is 335 g/mol. The molecule has 0 aliphatic carbocycles. The minimum absolute atomic E-state index is 0.470. The van der Waals surface area contributed by atoms with Gasteiger partial charge in [0.15, 0.2) is 11.5 Å². The first kappa shape index (κ1) is 16.6. The Labute approximate surface area is 147 Å². The van der Waals surface area contributed by atoms with E-state index in [0.29, 0.717) is 23.0 Å². The lowest BCUT2D eigenvalue weighted by molar-refractivity contribution is 0.355. The van der Waals surface area contributed by atoms with Crippen LogP contribution in [-0.2, 0) is 0 Å². The van der Waals surface area contributed by atoms with E-state index in [-0.39, 0.29) is 0 Å². The number of aromatic nitrogens is 1. The van der Waals surface area contributed by atoms with E-state index in [1.165, 1.54) is 0 Å². The second kappa shape index (κ2) is 6.73. The predicted molar refractivity (Wildman–Crippen MR) is 102 cm³/mol. The second-order valence-corrected chi connectivity index (χ2v) is 5.80. The third kappa shape index (κ3) is 3.21. The molecule has 1 heterocycles. The van der Waals surface area contributed by atoms with Crippen molar-refractivity contribution < 1.29 is 9.47 Å². The molecule has 0 aliphatic heterocycles. The van der Waals surface area contributed by atoms with Crippen molar-refractivity contribution in [2.45, 2.75) is 6.92 Å². The fourth-order valence-corrected chi connectivity index (χ4v) is 2.79. The largest absolute Gasteiger partial charge is 0.493 e. The van der Waals surface area contributed by atoms with E-state index in [4.69, 9.17) is 20.9 Å². The number of nitrogens with two attached hydrogens (primary N) is 2. The molecule has 0 spiro atoms. The SMILES string of the molecule is COc1ccc(-c2cnc(N)c(-c3cc(N)ccc3C)c2)cc1OC. The van der Waals surface area contributed by atoms with Crippen LogP contribution >= 0.6 is 0 Å². The fourth-order valence-electron chi connectivity index (χ4n) is 2.79. The lowest BCUT2D eigenvalue weighted by Crippen LogP contribution is -1.97. The monoisotopic (exact) mass is 335 g/mol. The molecular weight excluding hydrogens is 314 g/mol. The van der Waals surface area contributed by atoms with Crippen molar-refractivity contribution >= 4 is 11.5 Å². The Balaban J connectivity index is 2.13. The van der Waals surface area contributed by atoms with Crippen molar-refractivity contribution in [2.75, 3.05) is 25.7 Å². The molecule has 0 radical (unpaired) electrons. The summed E-state index contributed by atoms with van der Waals surface area (Å²) in [5.74, 6) is 1.82. The number of rotatable bonds is 4. The first-order valence-corrected chi connectivity index (χ1v) is 7.88. The fraction of sp³-hybridized carbons (Fsp3) is 0.150. The van der Waals surface area contributed by atoms with Crippen LogP contribution in [0.2, 0.25) is 0 Å². The van der Waals surface area contributed by atoms with Crippen molar-refractivity contribution in [3.63, 3.8) is 0 Å². The van der Waals surface area contributed by atoms with Crippen LogP contribution in [0.1, 0.15) is 5.56 Å². The zero-order chi connectivity index (χ0) is 18.0. The third-order valence-electron chi connectivity index (χ3n) is 4.19. The standard InChI is InChI=1S/C20H21N3O2/c1-12-4-6-15(21)10-16(12)17-8-14(11-23-20(17)22)13-5-7-18(24-2)19(9-13)25-3/h4-11H,21H2,1-3H3,(H2,22,23). The van der Waals surface area contributed by atoms with Gasteiger partial charge >= 0.3 is 0 Å². The zero-order valence-electron chi connectivity index (χ0n) is 14.5. The molecule has 3 aromatic rings. The minimum atomic E-state index is 0.470. The molecule has 2 aromatic carbocycles. The van der Waals surface area contributed by atoms with Crippen molar-refractivity contribution in [1.29, 1.82) is 0 Å². The highest BCUT2D eigenvalue weighted by molar-refractivity contribution is 5.82. The molecule has 0 saturated heterocycles. The van der Waals surface area contributed by atoms with E-state index in [1.54, 1.807) is 20.4 Å². The highest BCUT2D eigenvalue weighted by Gasteiger charge is 2.12. The van der Waals surface area contributed by atoms with Gasteiger partial charge in [-0.15, -0.1) is 0 Å². The lowest BCUT2D eigenvalue weighted by Gasteiger charge is -2.13. The van der Waals surface area contributed by atoms with Crippen LogP contribution in [0.15, 0.2) is 48.7 Å². The van der Waals surface area contributed by atoms with Gasteiger partial charge in [-0.2, -0.15) is 0 Å². The Kier molecular flexibility index (Phi) is 4.48. The summed E-state index contributed by atoms with van der Waals surface area (Å²) in [4.78, 5) is 4.37. The summed E-state index contributed by atoms with van der Waals surface area (Å²) in [6, 6.07) is 13.5. The molecule has 0 saturated carbocycles. The van der Waals surface area contributed by atoms with E-state index in [2.05, 4.69) is 4.98 Å². The second-order valence-electron chi connectivity index (χ2n) is 5.80. The number of anilines is 2. The Morgan fingerprint density at radius 1 is 0.800 bits per heavy atom. The van der Waals surface area contributed by atoms with Crippen molar-refractivity contribution in [1.82, 2.24) is 4.98 Å². The molecule has 3 rings (SSSR count). The van der Waals surface area contributed by atoms with Crippen molar-refractivity contribution in [3.05, 3.63) is 54.2 Å². The van der Waals surface area contributed by atoms with Crippen molar-refractivity contribution in [3.8, 4) is 33.8 Å². The molecule has 5 heteroatoms. The maximum absolute atomic E-state index is 6.12. The number of pyridine rings is 1. The number of aryl methyl sites for hydroxylation is 1. The third-order valence-corrected chi connectivity index (χ3v) is 4.19. The number of hydrogen-bond donors (Lipinski definition) is 2. The summed E-state index contributed by atoms with van der Waals surface area (Å²) in [7, 11) is 3.23. The molecular formula is C20H21N3O2. The van der Waals surface area contributed by atoms with Gasteiger partial charge in [-0.25, -0.2) is 4.98 Å². The van der Waals surface area contributed by atoms with E-state index in [9.17, 15) is 0 Å². The summed E-state index contributed by atoms with van der Waals surface area (Å²) < 4.78 is 10.7. The van der Waals surface area contributed by atoms with Gasteiger partial charge in [0.2, 0.25) is 0 Å². The maximum atomic E-state index is 6.12. The van der Waals surface area contributed by atoms with Gasteiger partial charge in [0.05, 0.1) is 14.2 Å². The number of nitrogens with zero attached hydrogens (tertiary/aromatic N) is 1. The molecule has 128 valence electrons.